The smallest absolute Gasteiger partial charge is 0.251 e. The highest BCUT2D eigenvalue weighted by Crippen LogP contribution is 2.26. The summed E-state index contributed by atoms with van der Waals surface area (Å²) in [6.45, 7) is 1.97. The zero-order chi connectivity index (χ0) is 19.9. The van der Waals surface area contributed by atoms with Gasteiger partial charge >= 0.3 is 0 Å². The Hall–Kier alpha value is -3.00. The molecule has 1 aliphatic carbocycles. The summed E-state index contributed by atoms with van der Waals surface area (Å²) in [6, 6.07) is 7.43. The van der Waals surface area contributed by atoms with Gasteiger partial charge in [0, 0.05) is 35.8 Å². The monoisotopic (exact) mass is 396 g/mol. The van der Waals surface area contributed by atoms with Crippen molar-refractivity contribution in [3.05, 3.63) is 60.2 Å². The maximum Gasteiger partial charge on any atom is 0.251 e. The maximum atomic E-state index is 12.4. The van der Waals surface area contributed by atoms with Gasteiger partial charge < -0.3 is 5.32 Å². The van der Waals surface area contributed by atoms with Gasteiger partial charge in [-0.2, -0.15) is 5.10 Å². The van der Waals surface area contributed by atoms with Crippen molar-refractivity contribution in [3.63, 3.8) is 0 Å². The van der Waals surface area contributed by atoms with Gasteiger partial charge in [-0.15, -0.1) is 0 Å². The molecule has 0 unspecified atom stereocenters. The summed E-state index contributed by atoms with van der Waals surface area (Å²) in [4.78, 5) is 16.5. The number of carbonyl (C=O) groups is 1. The first-order valence-electron chi connectivity index (χ1n) is 8.93. The van der Waals surface area contributed by atoms with Gasteiger partial charge in [0.1, 0.15) is 0 Å². The summed E-state index contributed by atoms with van der Waals surface area (Å²) in [6.07, 6.45) is 9.58. The van der Waals surface area contributed by atoms with E-state index in [0.717, 1.165) is 35.8 Å². The second-order valence-corrected chi connectivity index (χ2v) is 9.12. The SMILES string of the molecule is Cc1ccc(C(=O)NC2CC2)cc1-c1cnn(-c2cncc(S(C)(=O)=O)c2)c1. The summed E-state index contributed by atoms with van der Waals surface area (Å²) in [5.74, 6) is -0.0683. The third-order valence-corrected chi connectivity index (χ3v) is 5.78. The summed E-state index contributed by atoms with van der Waals surface area (Å²) in [5, 5.41) is 7.34. The largest absolute Gasteiger partial charge is 0.349 e. The number of carbonyl (C=O) groups excluding carboxylic acids is 1. The van der Waals surface area contributed by atoms with E-state index in [1.165, 1.54) is 12.3 Å². The number of nitrogens with one attached hydrogen (secondary N) is 1. The zero-order valence-electron chi connectivity index (χ0n) is 15.6. The molecule has 0 bridgehead atoms. The van der Waals surface area contributed by atoms with Crippen molar-refractivity contribution >= 4 is 15.7 Å². The third-order valence-electron chi connectivity index (χ3n) is 4.70. The number of benzene rings is 1. The van der Waals surface area contributed by atoms with Crippen LogP contribution in [0.2, 0.25) is 0 Å². The van der Waals surface area contributed by atoms with Crippen molar-refractivity contribution < 1.29 is 13.2 Å². The molecule has 4 rings (SSSR count). The Morgan fingerprint density at radius 3 is 2.68 bits per heavy atom. The highest BCUT2D eigenvalue weighted by atomic mass is 32.2. The van der Waals surface area contributed by atoms with E-state index < -0.39 is 9.84 Å². The molecule has 1 N–H and O–H groups in total. The van der Waals surface area contributed by atoms with Crippen LogP contribution in [-0.2, 0) is 9.84 Å². The van der Waals surface area contributed by atoms with Crippen LogP contribution < -0.4 is 5.32 Å². The van der Waals surface area contributed by atoms with Crippen LogP contribution in [0.3, 0.4) is 0 Å². The lowest BCUT2D eigenvalue weighted by Gasteiger charge is -2.08. The fraction of sp³-hybridized carbons (Fsp3) is 0.250. The van der Waals surface area contributed by atoms with Crippen LogP contribution in [0.4, 0.5) is 0 Å². The van der Waals surface area contributed by atoms with E-state index in [-0.39, 0.29) is 10.8 Å². The molecule has 2 aromatic heterocycles. The molecule has 0 saturated heterocycles. The van der Waals surface area contributed by atoms with Gasteiger partial charge in [-0.1, -0.05) is 6.07 Å². The fourth-order valence-corrected chi connectivity index (χ4v) is 3.50. The van der Waals surface area contributed by atoms with Crippen LogP contribution in [0.25, 0.3) is 16.8 Å². The number of aromatic nitrogens is 3. The summed E-state index contributed by atoms with van der Waals surface area (Å²) in [5.41, 5.74) is 3.92. The van der Waals surface area contributed by atoms with Crippen LogP contribution in [0.5, 0.6) is 0 Å². The van der Waals surface area contributed by atoms with Crippen LogP contribution >= 0.6 is 0 Å². The lowest BCUT2D eigenvalue weighted by Crippen LogP contribution is -2.25. The molecule has 1 aromatic carbocycles. The molecule has 8 heteroatoms. The van der Waals surface area contributed by atoms with E-state index in [9.17, 15) is 13.2 Å². The highest BCUT2D eigenvalue weighted by molar-refractivity contribution is 7.90. The lowest BCUT2D eigenvalue weighted by atomic mass is 10.0. The topological polar surface area (TPSA) is 93.9 Å². The number of amides is 1. The Labute approximate surface area is 163 Å². The molecular weight excluding hydrogens is 376 g/mol. The molecule has 0 atom stereocenters. The quantitative estimate of drug-likeness (QED) is 0.715. The molecule has 0 spiro atoms. The van der Waals surface area contributed by atoms with Crippen molar-refractivity contribution in [1.29, 1.82) is 0 Å². The van der Waals surface area contributed by atoms with E-state index in [1.54, 1.807) is 23.3 Å². The van der Waals surface area contributed by atoms with Crippen molar-refractivity contribution in [2.24, 2.45) is 0 Å². The average Bonchev–Trinajstić information content (AvgIpc) is 3.33. The number of nitrogens with zero attached hydrogens (tertiary/aromatic N) is 3. The second-order valence-electron chi connectivity index (χ2n) is 7.10. The maximum absolute atomic E-state index is 12.4. The Bertz CT molecular complexity index is 1160. The molecule has 1 fully saturated rings. The van der Waals surface area contributed by atoms with Crippen molar-refractivity contribution in [2.45, 2.75) is 30.7 Å². The molecule has 3 aromatic rings. The predicted octanol–water partition coefficient (Wildman–Crippen LogP) is 2.54. The second kappa shape index (κ2) is 6.87. The Balaban J connectivity index is 1.67. The molecule has 144 valence electrons. The van der Waals surface area contributed by atoms with E-state index in [1.807, 2.05) is 25.1 Å². The van der Waals surface area contributed by atoms with Crippen LogP contribution in [0.15, 0.2) is 53.9 Å². The number of rotatable bonds is 5. The molecule has 0 aliphatic heterocycles. The Morgan fingerprint density at radius 2 is 1.96 bits per heavy atom. The third kappa shape index (κ3) is 3.82. The van der Waals surface area contributed by atoms with Crippen LogP contribution in [-0.4, -0.2) is 41.4 Å². The predicted molar refractivity (Wildman–Crippen MR) is 105 cm³/mol. The van der Waals surface area contributed by atoms with E-state index in [2.05, 4.69) is 15.4 Å². The van der Waals surface area contributed by atoms with E-state index in [0.29, 0.717) is 17.3 Å². The van der Waals surface area contributed by atoms with E-state index >= 15 is 0 Å². The number of aryl methyl sites for hydroxylation is 1. The molecule has 1 aliphatic rings. The normalized spacial score (nSPS) is 14.1. The highest BCUT2D eigenvalue weighted by Gasteiger charge is 2.24. The summed E-state index contributed by atoms with van der Waals surface area (Å²) in [7, 11) is -3.35. The van der Waals surface area contributed by atoms with Gasteiger partial charge in [0.15, 0.2) is 9.84 Å². The number of pyridine rings is 1. The number of hydrogen-bond donors (Lipinski definition) is 1. The zero-order valence-corrected chi connectivity index (χ0v) is 16.4. The summed E-state index contributed by atoms with van der Waals surface area (Å²) >= 11 is 0. The van der Waals surface area contributed by atoms with Crippen molar-refractivity contribution in [2.75, 3.05) is 6.26 Å². The van der Waals surface area contributed by atoms with Gasteiger partial charge in [-0.25, -0.2) is 13.1 Å². The standard InChI is InChI=1S/C20H20N4O3S/c1-13-3-4-14(20(25)23-16-5-6-16)7-19(13)15-9-22-24(12-15)17-8-18(11-21-10-17)28(2,26)27/h3-4,7-12,16H,5-6H2,1-2H3,(H,23,25). The molecule has 1 amide bonds. The molecule has 1 saturated carbocycles. The Kier molecular flexibility index (Phi) is 4.50. The average molecular weight is 396 g/mol. The first-order valence-corrected chi connectivity index (χ1v) is 10.8. The molecule has 7 nitrogen and oxygen atoms in total. The van der Waals surface area contributed by atoms with Crippen molar-refractivity contribution in [1.82, 2.24) is 20.1 Å². The minimum Gasteiger partial charge on any atom is -0.349 e. The van der Waals surface area contributed by atoms with Crippen LogP contribution in [0.1, 0.15) is 28.8 Å². The fourth-order valence-electron chi connectivity index (χ4n) is 2.91. The number of hydrogen-bond acceptors (Lipinski definition) is 5. The van der Waals surface area contributed by atoms with Crippen molar-refractivity contribution in [3.8, 4) is 16.8 Å². The first-order chi connectivity index (χ1) is 13.3. The molecule has 2 heterocycles. The summed E-state index contributed by atoms with van der Waals surface area (Å²) < 4.78 is 25.1. The lowest BCUT2D eigenvalue weighted by molar-refractivity contribution is 0.0951. The minimum atomic E-state index is -3.35. The number of sulfone groups is 1. The van der Waals surface area contributed by atoms with Crippen LogP contribution in [0, 0.1) is 6.92 Å². The van der Waals surface area contributed by atoms with E-state index in [4.69, 9.17) is 0 Å². The Morgan fingerprint density at radius 1 is 1.18 bits per heavy atom. The molecule has 28 heavy (non-hydrogen) atoms. The molecule has 0 radical (unpaired) electrons. The first kappa shape index (κ1) is 18.4. The molecular formula is C20H20N4O3S. The van der Waals surface area contributed by atoms with Gasteiger partial charge in [0.2, 0.25) is 0 Å². The van der Waals surface area contributed by atoms with Gasteiger partial charge in [0.25, 0.3) is 5.91 Å². The van der Waals surface area contributed by atoms with Gasteiger partial charge in [-0.05, 0) is 49.1 Å². The van der Waals surface area contributed by atoms with Gasteiger partial charge in [-0.3, -0.25) is 9.78 Å². The minimum absolute atomic E-state index is 0.0683. The van der Waals surface area contributed by atoms with Gasteiger partial charge in [0.05, 0.1) is 23.0 Å².